The van der Waals surface area contributed by atoms with E-state index in [1.165, 1.54) is 0 Å². The van der Waals surface area contributed by atoms with Crippen molar-refractivity contribution in [2.75, 3.05) is 19.6 Å². The summed E-state index contributed by atoms with van der Waals surface area (Å²) in [6, 6.07) is -0.126. The molecule has 5 heteroatoms. The van der Waals surface area contributed by atoms with Crippen molar-refractivity contribution in [2.45, 2.75) is 58.9 Å². The van der Waals surface area contributed by atoms with E-state index in [-0.39, 0.29) is 18.5 Å². The van der Waals surface area contributed by atoms with Crippen LogP contribution in [-0.2, 0) is 4.79 Å². The highest BCUT2D eigenvalue weighted by atomic mass is 16.4. The van der Waals surface area contributed by atoms with Crippen LogP contribution in [0.3, 0.4) is 0 Å². The third kappa shape index (κ3) is 4.69. The van der Waals surface area contributed by atoms with Gasteiger partial charge in [-0.25, -0.2) is 4.79 Å². The zero-order valence-corrected chi connectivity index (χ0v) is 13.0. The standard InChI is InChI=1S/C15H28N2O3/c1-4-12(3)11-16(5-2)15(20)17-9-7-6-8-13(17)10-14(18)19/h12-13H,4-11H2,1-3H3,(H,18,19). The Bertz CT molecular complexity index is 333. The number of carbonyl (C=O) groups is 2. The third-order valence-corrected chi connectivity index (χ3v) is 4.16. The number of hydrogen-bond acceptors (Lipinski definition) is 2. The third-order valence-electron chi connectivity index (χ3n) is 4.16. The monoisotopic (exact) mass is 284 g/mol. The summed E-state index contributed by atoms with van der Waals surface area (Å²) in [6.45, 7) is 8.36. The molecular weight excluding hydrogens is 256 g/mol. The zero-order valence-electron chi connectivity index (χ0n) is 13.0. The molecule has 1 rings (SSSR count). The lowest BCUT2D eigenvalue weighted by Crippen LogP contribution is -2.51. The van der Waals surface area contributed by atoms with E-state index in [0.29, 0.717) is 19.0 Å². The Morgan fingerprint density at radius 2 is 2.05 bits per heavy atom. The fourth-order valence-corrected chi connectivity index (χ4v) is 2.70. The summed E-state index contributed by atoms with van der Waals surface area (Å²) in [5.41, 5.74) is 0. The van der Waals surface area contributed by atoms with Crippen LogP contribution < -0.4 is 0 Å². The van der Waals surface area contributed by atoms with Crippen LogP contribution in [0.1, 0.15) is 52.9 Å². The quantitative estimate of drug-likeness (QED) is 0.816. The molecule has 0 bridgehead atoms. The summed E-state index contributed by atoms with van der Waals surface area (Å²) in [4.78, 5) is 27.2. The van der Waals surface area contributed by atoms with Gasteiger partial charge in [-0.3, -0.25) is 4.79 Å². The number of likely N-dealkylation sites (tertiary alicyclic amines) is 1. The first-order valence-electron chi connectivity index (χ1n) is 7.76. The lowest BCUT2D eigenvalue weighted by Gasteiger charge is -2.39. The predicted octanol–water partition coefficient (Wildman–Crippen LogP) is 2.80. The molecule has 1 fully saturated rings. The molecule has 0 aromatic rings. The molecule has 1 saturated heterocycles. The molecule has 1 aliphatic heterocycles. The lowest BCUT2D eigenvalue weighted by atomic mass is 9.99. The van der Waals surface area contributed by atoms with Gasteiger partial charge in [0.15, 0.2) is 0 Å². The van der Waals surface area contributed by atoms with Gasteiger partial charge in [-0.1, -0.05) is 20.3 Å². The predicted molar refractivity (Wildman–Crippen MR) is 78.7 cm³/mol. The van der Waals surface area contributed by atoms with E-state index in [1.807, 2.05) is 11.8 Å². The fourth-order valence-electron chi connectivity index (χ4n) is 2.70. The van der Waals surface area contributed by atoms with Crippen molar-refractivity contribution in [3.8, 4) is 0 Å². The first-order valence-corrected chi connectivity index (χ1v) is 7.76. The number of aliphatic carboxylic acids is 1. The molecule has 2 unspecified atom stereocenters. The number of rotatable bonds is 6. The van der Waals surface area contributed by atoms with E-state index in [9.17, 15) is 9.59 Å². The number of hydrogen-bond donors (Lipinski definition) is 1. The van der Waals surface area contributed by atoms with Crippen molar-refractivity contribution in [3.63, 3.8) is 0 Å². The molecule has 20 heavy (non-hydrogen) atoms. The van der Waals surface area contributed by atoms with Gasteiger partial charge in [0.1, 0.15) is 0 Å². The van der Waals surface area contributed by atoms with E-state index < -0.39 is 5.97 Å². The maximum absolute atomic E-state index is 12.6. The summed E-state index contributed by atoms with van der Waals surface area (Å²) in [7, 11) is 0. The van der Waals surface area contributed by atoms with Crippen molar-refractivity contribution in [2.24, 2.45) is 5.92 Å². The van der Waals surface area contributed by atoms with E-state index in [0.717, 1.165) is 32.2 Å². The van der Waals surface area contributed by atoms with E-state index in [1.54, 1.807) is 4.90 Å². The SMILES string of the molecule is CCC(C)CN(CC)C(=O)N1CCCCC1CC(=O)O. The highest BCUT2D eigenvalue weighted by Crippen LogP contribution is 2.21. The maximum Gasteiger partial charge on any atom is 0.320 e. The van der Waals surface area contributed by atoms with Gasteiger partial charge in [-0.05, 0) is 32.1 Å². The number of nitrogens with zero attached hydrogens (tertiary/aromatic N) is 2. The molecule has 0 aliphatic carbocycles. The molecule has 116 valence electrons. The molecular formula is C15H28N2O3. The molecule has 1 heterocycles. The van der Waals surface area contributed by atoms with Gasteiger partial charge in [0, 0.05) is 25.7 Å². The number of carbonyl (C=O) groups excluding carboxylic acids is 1. The topological polar surface area (TPSA) is 60.9 Å². The minimum Gasteiger partial charge on any atom is -0.481 e. The van der Waals surface area contributed by atoms with E-state index in [4.69, 9.17) is 5.11 Å². The molecule has 0 radical (unpaired) electrons. The van der Waals surface area contributed by atoms with Crippen LogP contribution in [0.4, 0.5) is 4.79 Å². The van der Waals surface area contributed by atoms with Crippen molar-refractivity contribution >= 4 is 12.0 Å². The number of carboxylic acids is 1. The number of carboxylic acid groups (broad SMARTS) is 1. The van der Waals surface area contributed by atoms with E-state index in [2.05, 4.69) is 13.8 Å². The summed E-state index contributed by atoms with van der Waals surface area (Å²) in [6.07, 6.45) is 3.90. The van der Waals surface area contributed by atoms with Crippen LogP contribution >= 0.6 is 0 Å². The van der Waals surface area contributed by atoms with Gasteiger partial charge < -0.3 is 14.9 Å². The highest BCUT2D eigenvalue weighted by molar-refractivity contribution is 5.76. The van der Waals surface area contributed by atoms with Crippen LogP contribution in [0.25, 0.3) is 0 Å². The molecule has 0 aromatic heterocycles. The fraction of sp³-hybridized carbons (Fsp3) is 0.867. The molecule has 2 atom stereocenters. The van der Waals surface area contributed by atoms with Crippen LogP contribution in [0.2, 0.25) is 0 Å². The summed E-state index contributed by atoms with van der Waals surface area (Å²) in [5, 5.41) is 8.99. The van der Waals surface area contributed by atoms with Crippen LogP contribution in [0.15, 0.2) is 0 Å². The molecule has 0 spiro atoms. The van der Waals surface area contributed by atoms with Gasteiger partial charge in [0.05, 0.1) is 6.42 Å². The molecule has 1 aliphatic rings. The molecule has 0 aromatic carbocycles. The molecule has 0 saturated carbocycles. The second-order valence-corrected chi connectivity index (χ2v) is 5.78. The second kappa shape index (κ2) is 8.12. The van der Waals surface area contributed by atoms with Gasteiger partial charge in [-0.15, -0.1) is 0 Å². The van der Waals surface area contributed by atoms with Gasteiger partial charge in [0.2, 0.25) is 0 Å². The second-order valence-electron chi connectivity index (χ2n) is 5.78. The average molecular weight is 284 g/mol. The van der Waals surface area contributed by atoms with Crippen LogP contribution in [0, 0.1) is 5.92 Å². The van der Waals surface area contributed by atoms with Crippen molar-refractivity contribution < 1.29 is 14.7 Å². The Hall–Kier alpha value is -1.26. The first kappa shape index (κ1) is 16.8. The Morgan fingerprint density at radius 3 is 2.60 bits per heavy atom. The van der Waals surface area contributed by atoms with E-state index >= 15 is 0 Å². The minimum absolute atomic E-state index is 0.0127. The van der Waals surface area contributed by atoms with Crippen molar-refractivity contribution in [1.82, 2.24) is 9.80 Å². The molecule has 1 N–H and O–H groups in total. The number of piperidine rings is 1. The Morgan fingerprint density at radius 1 is 1.35 bits per heavy atom. The zero-order chi connectivity index (χ0) is 15.1. The van der Waals surface area contributed by atoms with Crippen LogP contribution in [0.5, 0.6) is 0 Å². The smallest absolute Gasteiger partial charge is 0.320 e. The van der Waals surface area contributed by atoms with Gasteiger partial charge in [-0.2, -0.15) is 0 Å². The van der Waals surface area contributed by atoms with Gasteiger partial charge in [0.25, 0.3) is 0 Å². The Labute approximate surface area is 121 Å². The normalized spacial score (nSPS) is 20.6. The molecule has 2 amide bonds. The first-order chi connectivity index (χ1) is 9.49. The number of urea groups is 1. The molecule has 5 nitrogen and oxygen atoms in total. The van der Waals surface area contributed by atoms with Crippen LogP contribution in [-0.4, -0.2) is 52.6 Å². The Balaban J connectivity index is 2.71. The Kier molecular flexibility index (Phi) is 6.82. The van der Waals surface area contributed by atoms with Crippen molar-refractivity contribution in [1.29, 1.82) is 0 Å². The maximum atomic E-state index is 12.6. The average Bonchev–Trinajstić information content (AvgIpc) is 2.43. The highest BCUT2D eigenvalue weighted by Gasteiger charge is 2.31. The summed E-state index contributed by atoms with van der Waals surface area (Å²) in [5.74, 6) is -0.346. The summed E-state index contributed by atoms with van der Waals surface area (Å²) < 4.78 is 0. The largest absolute Gasteiger partial charge is 0.481 e. The van der Waals surface area contributed by atoms with Crippen molar-refractivity contribution in [3.05, 3.63) is 0 Å². The summed E-state index contributed by atoms with van der Waals surface area (Å²) >= 11 is 0. The minimum atomic E-state index is -0.820. The van der Waals surface area contributed by atoms with Gasteiger partial charge >= 0.3 is 12.0 Å². The lowest BCUT2D eigenvalue weighted by molar-refractivity contribution is -0.138. The number of amides is 2.